The van der Waals surface area contributed by atoms with Crippen molar-refractivity contribution < 1.29 is 14.3 Å². The maximum absolute atomic E-state index is 12.3. The summed E-state index contributed by atoms with van der Waals surface area (Å²) < 4.78 is 5.14. The van der Waals surface area contributed by atoms with Gasteiger partial charge in [0.1, 0.15) is 5.01 Å². The predicted octanol–water partition coefficient (Wildman–Crippen LogP) is 2.55. The first-order valence-electron chi connectivity index (χ1n) is 9.60. The fourth-order valence-electron chi connectivity index (χ4n) is 3.22. The predicted molar refractivity (Wildman–Crippen MR) is 107 cm³/mol. The summed E-state index contributed by atoms with van der Waals surface area (Å²) in [6.07, 6.45) is 1.81. The van der Waals surface area contributed by atoms with Gasteiger partial charge in [0.15, 0.2) is 0 Å². The largest absolute Gasteiger partial charge is 0.466 e. The van der Waals surface area contributed by atoms with Crippen LogP contribution in [0.3, 0.4) is 0 Å². The van der Waals surface area contributed by atoms with Crippen LogP contribution in [0.5, 0.6) is 0 Å². The van der Waals surface area contributed by atoms with Crippen LogP contribution in [-0.4, -0.2) is 46.7 Å². The third-order valence-corrected chi connectivity index (χ3v) is 5.63. The number of aryl methyl sites for hydroxylation is 1. The Labute approximate surface area is 169 Å². The molecule has 0 spiro atoms. The van der Waals surface area contributed by atoms with Crippen molar-refractivity contribution in [3.8, 4) is 0 Å². The van der Waals surface area contributed by atoms with Crippen molar-refractivity contribution in [3.05, 3.63) is 45.4 Å². The Morgan fingerprint density at radius 1 is 1.29 bits per heavy atom. The third kappa shape index (κ3) is 5.59. The second-order valence-electron chi connectivity index (χ2n) is 7.00. The van der Waals surface area contributed by atoms with Gasteiger partial charge in [-0.25, -0.2) is 0 Å². The Morgan fingerprint density at radius 3 is 2.82 bits per heavy atom. The lowest BCUT2D eigenvalue weighted by molar-refractivity contribution is -0.150. The average molecular weight is 403 g/mol. The van der Waals surface area contributed by atoms with E-state index >= 15 is 0 Å². The molecule has 1 fully saturated rings. The fourth-order valence-corrected chi connectivity index (χ4v) is 4.01. The summed E-state index contributed by atoms with van der Waals surface area (Å²) in [5.41, 5.74) is 2.23. The zero-order valence-electron chi connectivity index (χ0n) is 16.3. The smallest absolute Gasteiger partial charge is 0.310 e. The summed E-state index contributed by atoms with van der Waals surface area (Å²) in [7, 11) is 0. The molecule has 28 heavy (non-hydrogen) atoms. The van der Waals surface area contributed by atoms with Crippen LogP contribution in [0.1, 0.15) is 45.7 Å². The Bertz CT molecular complexity index is 806. The highest BCUT2D eigenvalue weighted by Crippen LogP contribution is 2.21. The number of likely N-dealkylation sites (tertiary alicyclic amines) is 1. The highest BCUT2D eigenvalue weighted by atomic mass is 32.1. The molecule has 0 aliphatic carbocycles. The monoisotopic (exact) mass is 402 g/mol. The first-order chi connectivity index (χ1) is 13.5. The van der Waals surface area contributed by atoms with Crippen LogP contribution in [0.15, 0.2) is 24.3 Å². The molecular formula is C20H26N4O3S. The number of carbonyl (C=O) groups is 2. The van der Waals surface area contributed by atoms with Crippen molar-refractivity contribution in [2.24, 2.45) is 5.92 Å². The lowest BCUT2D eigenvalue weighted by atomic mass is 9.98. The van der Waals surface area contributed by atoms with Crippen LogP contribution in [0.25, 0.3) is 0 Å². The molecule has 2 heterocycles. The van der Waals surface area contributed by atoms with E-state index in [1.54, 1.807) is 0 Å². The molecule has 150 valence electrons. The van der Waals surface area contributed by atoms with E-state index < -0.39 is 0 Å². The summed E-state index contributed by atoms with van der Waals surface area (Å²) >= 11 is 1.30. The van der Waals surface area contributed by atoms with Crippen molar-refractivity contribution in [1.29, 1.82) is 0 Å². The van der Waals surface area contributed by atoms with E-state index in [2.05, 4.69) is 20.4 Å². The number of esters is 1. The summed E-state index contributed by atoms with van der Waals surface area (Å²) in [5, 5.41) is 12.2. The molecule has 0 unspecified atom stereocenters. The number of benzene rings is 1. The van der Waals surface area contributed by atoms with E-state index in [4.69, 9.17) is 4.74 Å². The van der Waals surface area contributed by atoms with Crippen LogP contribution in [0.4, 0.5) is 0 Å². The summed E-state index contributed by atoms with van der Waals surface area (Å²) in [6, 6.07) is 8.04. The van der Waals surface area contributed by atoms with Gasteiger partial charge in [-0.1, -0.05) is 41.2 Å². The Balaban J connectivity index is 1.51. The number of piperidine rings is 1. The van der Waals surface area contributed by atoms with Crippen molar-refractivity contribution in [1.82, 2.24) is 20.4 Å². The Kier molecular flexibility index (Phi) is 7.11. The van der Waals surface area contributed by atoms with Crippen molar-refractivity contribution in [2.75, 3.05) is 19.7 Å². The number of nitrogens with zero attached hydrogens (tertiary/aromatic N) is 3. The number of nitrogens with one attached hydrogen (secondary N) is 1. The van der Waals surface area contributed by atoms with Gasteiger partial charge in [-0.05, 0) is 38.8 Å². The molecule has 0 radical (unpaired) electrons. The molecule has 1 aromatic carbocycles. The molecule has 1 aliphatic rings. The number of aromatic nitrogens is 2. The Hall–Kier alpha value is -2.32. The molecule has 0 bridgehead atoms. The second kappa shape index (κ2) is 9.75. The number of hydrogen-bond acceptors (Lipinski definition) is 7. The molecule has 1 aliphatic heterocycles. The van der Waals surface area contributed by atoms with Crippen LogP contribution < -0.4 is 5.32 Å². The second-order valence-corrected chi connectivity index (χ2v) is 8.06. The van der Waals surface area contributed by atoms with Gasteiger partial charge >= 0.3 is 5.97 Å². The zero-order chi connectivity index (χ0) is 19.9. The lowest BCUT2D eigenvalue weighted by Crippen LogP contribution is -2.38. The highest BCUT2D eigenvalue weighted by Gasteiger charge is 2.27. The minimum atomic E-state index is -0.215. The first-order valence-corrected chi connectivity index (χ1v) is 10.4. The van der Waals surface area contributed by atoms with Crippen molar-refractivity contribution in [3.63, 3.8) is 0 Å². The van der Waals surface area contributed by atoms with Gasteiger partial charge in [0.2, 0.25) is 5.01 Å². The quantitative estimate of drug-likeness (QED) is 0.717. The Morgan fingerprint density at radius 2 is 2.07 bits per heavy atom. The van der Waals surface area contributed by atoms with E-state index in [1.807, 2.05) is 38.1 Å². The maximum Gasteiger partial charge on any atom is 0.310 e. The van der Waals surface area contributed by atoms with Gasteiger partial charge in [0.25, 0.3) is 5.91 Å². The van der Waals surface area contributed by atoms with Gasteiger partial charge in [-0.2, -0.15) is 0 Å². The lowest BCUT2D eigenvalue weighted by Gasteiger charge is -2.30. The summed E-state index contributed by atoms with van der Waals surface area (Å²) in [6.45, 7) is 6.89. The molecule has 7 nitrogen and oxygen atoms in total. The minimum Gasteiger partial charge on any atom is -0.466 e. The molecule has 1 aromatic heterocycles. The van der Waals surface area contributed by atoms with Crippen molar-refractivity contribution >= 4 is 23.2 Å². The molecule has 0 saturated carbocycles. The molecule has 2 aromatic rings. The van der Waals surface area contributed by atoms with Gasteiger partial charge in [0, 0.05) is 13.1 Å². The summed E-state index contributed by atoms with van der Waals surface area (Å²) in [5.74, 6) is -0.424. The molecule has 1 saturated heterocycles. The molecule has 3 rings (SSSR count). The van der Waals surface area contributed by atoms with E-state index in [1.165, 1.54) is 16.9 Å². The van der Waals surface area contributed by atoms with Crippen molar-refractivity contribution in [2.45, 2.75) is 39.8 Å². The van der Waals surface area contributed by atoms with E-state index in [0.29, 0.717) is 31.2 Å². The summed E-state index contributed by atoms with van der Waals surface area (Å²) in [4.78, 5) is 26.5. The van der Waals surface area contributed by atoms with Gasteiger partial charge < -0.3 is 10.1 Å². The first kappa shape index (κ1) is 20.4. The zero-order valence-corrected chi connectivity index (χ0v) is 17.1. The topological polar surface area (TPSA) is 84.4 Å². The van der Waals surface area contributed by atoms with E-state index in [9.17, 15) is 9.59 Å². The molecule has 1 atom stereocenters. The third-order valence-electron chi connectivity index (χ3n) is 4.72. The van der Waals surface area contributed by atoms with Crippen LogP contribution in [-0.2, 0) is 22.6 Å². The van der Waals surface area contributed by atoms with Crippen LogP contribution >= 0.6 is 11.3 Å². The van der Waals surface area contributed by atoms with Gasteiger partial charge in [0.05, 0.1) is 19.1 Å². The number of rotatable bonds is 7. The number of amides is 1. The molecular weight excluding hydrogens is 376 g/mol. The SMILES string of the molecule is CCOC(=O)[C@H]1CCCN(Cc2nnc(C(=O)NCc3ccc(C)cc3)s2)C1. The van der Waals surface area contributed by atoms with Gasteiger partial charge in [-0.3, -0.25) is 14.5 Å². The fraction of sp³-hybridized carbons (Fsp3) is 0.500. The minimum absolute atomic E-state index is 0.0844. The molecule has 1 amide bonds. The maximum atomic E-state index is 12.3. The normalized spacial score (nSPS) is 17.3. The average Bonchev–Trinajstić information content (AvgIpc) is 3.16. The number of ether oxygens (including phenoxy) is 1. The van der Waals surface area contributed by atoms with E-state index in [0.717, 1.165) is 30.0 Å². The molecule has 8 heteroatoms. The molecule has 1 N–H and O–H groups in total. The highest BCUT2D eigenvalue weighted by molar-refractivity contribution is 7.13. The number of hydrogen-bond donors (Lipinski definition) is 1. The number of carbonyl (C=O) groups excluding carboxylic acids is 2. The standard InChI is InChI=1S/C20H26N4O3S/c1-3-27-20(26)16-5-4-10-24(12-16)13-17-22-23-19(28-17)18(25)21-11-15-8-6-14(2)7-9-15/h6-9,16H,3-5,10-13H2,1-2H3,(H,21,25)/t16-/m0/s1. The van der Waals surface area contributed by atoms with Crippen LogP contribution in [0, 0.1) is 12.8 Å². The van der Waals surface area contributed by atoms with Crippen LogP contribution in [0.2, 0.25) is 0 Å². The van der Waals surface area contributed by atoms with E-state index in [-0.39, 0.29) is 17.8 Å². The van der Waals surface area contributed by atoms with Gasteiger partial charge in [-0.15, -0.1) is 10.2 Å².